The zero-order chi connectivity index (χ0) is 13.4. The summed E-state index contributed by atoms with van der Waals surface area (Å²) in [5, 5.41) is 14.4. The summed E-state index contributed by atoms with van der Waals surface area (Å²) in [5.74, 6) is 0.300. The number of aryl methyl sites for hydroxylation is 1. The topological polar surface area (TPSA) is 61.4 Å². The minimum atomic E-state index is -0.147. The summed E-state index contributed by atoms with van der Waals surface area (Å²) in [4.78, 5) is 14.0. The summed E-state index contributed by atoms with van der Waals surface area (Å²) < 4.78 is 0. The molecule has 5 heteroatoms. The molecule has 4 nitrogen and oxygen atoms in total. The number of aliphatic hydroxyl groups excluding tert-OH is 1. The Labute approximate surface area is 112 Å². The molecule has 0 spiro atoms. The van der Waals surface area contributed by atoms with Gasteiger partial charge in [-0.15, -0.1) is 11.3 Å². The first-order chi connectivity index (χ1) is 8.65. The van der Waals surface area contributed by atoms with E-state index in [4.69, 9.17) is 5.11 Å². The molecule has 0 saturated heterocycles. The third-order valence-corrected chi connectivity index (χ3v) is 3.95. The van der Waals surface area contributed by atoms with E-state index in [1.165, 1.54) is 9.75 Å². The van der Waals surface area contributed by atoms with E-state index in [1.54, 1.807) is 11.3 Å². The van der Waals surface area contributed by atoms with E-state index in [0.717, 1.165) is 6.42 Å². The predicted molar refractivity (Wildman–Crippen MR) is 74.8 cm³/mol. The number of hydrogen-bond donors (Lipinski definition) is 3. The van der Waals surface area contributed by atoms with Gasteiger partial charge >= 0.3 is 6.03 Å². The quantitative estimate of drug-likeness (QED) is 0.711. The Balaban J connectivity index is 2.20. The van der Waals surface area contributed by atoms with Gasteiger partial charge in [-0.05, 0) is 30.9 Å². The molecule has 18 heavy (non-hydrogen) atoms. The summed E-state index contributed by atoms with van der Waals surface area (Å²) in [6.07, 6.45) is 1.75. The summed E-state index contributed by atoms with van der Waals surface area (Å²) in [7, 11) is 0. The van der Waals surface area contributed by atoms with Crippen LogP contribution in [0.1, 0.15) is 30.0 Å². The number of nitrogens with one attached hydrogen (secondary N) is 2. The number of carbonyl (C=O) groups excluding carboxylic acids is 1. The van der Waals surface area contributed by atoms with Crippen molar-refractivity contribution in [3.8, 4) is 0 Å². The van der Waals surface area contributed by atoms with Crippen molar-refractivity contribution >= 4 is 17.4 Å². The third kappa shape index (κ3) is 5.51. The number of carbonyl (C=O) groups is 1. The van der Waals surface area contributed by atoms with Gasteiger partial charge in [0.2, 0.25) is 0 Å². The van der Waals surface area contributed by atoms with E-state index < -0.39 is 0 Å². The van der Waals surface area contributed by atoms with Gasteiger partial charge in [0.05, 0.1) is 6.54 Å². The molecule has 1 unspecified atom stereocenters. The predicted octanol–water partition coefficient (Wildman–Crippen LogP) is 2.13. The maximum absolute atomic E-state index is 11.5. The zero-order valence-corrected chi connectivity index (χ0v) is 11.8. The first-order valence-electron chi connectivity index (χ1n) is 6.35. The van der Waals surface area contributed by atoms with Crippen LogP contribution in [-0.4, -0.2) is 24.3 Å². The van der Waals surface area contributed by atoms with Gasteiger partial charge in [0, 0.05) is 22.9 Å². The lowest BCUT2D eigenvalue weighted by Gasteiger charge is -2.11. The van der Waals surface area contributed by atoms with E-state index in [9.17, 15) is 4.79 Å². The van der Waals surface area contributed by atoms with Crippen LogP contribution in [0.3, 0.4) is 0 Å². The molecule has 0 bridgehead atoms. The van der Waals surface area contributed by atoms with Crippen molar-refractivity contribution in [2.24, 2.45) is 5.92 Å². The van der Waals surface area contributed by atoms with Crippen LogP contribution < -0.4 is 10.6 Å². The maximum Gasteiger partial charge on any atom is 0.315 e. The highest BCUT2D eigenvalue weighted by molar-refractivity contribution is 7.11. The standard InChI is InChI=1S/C13H22N2O2S/c1-3-11-4-5-12(18-11)9-15-13(17)14-8-10(2)6-7-16/h4-5,10,16H,3,6-9H2,1-2H3,(H2,14,15,17). The van der Waals surface area contributed by atoms with E-state index in [0.29, 0.717) is 25.4 Å². The minimum absolute atomic E-state index is 0.147. The summed E-state index contributed by atoms with van der Waals surface area (Å²) in [6.45, 7) is 5.46. The zero-order valence-electron chi connectivity index (χ0n) is 11.0. The second-order valence-electron chi connectivity index (χ2n) is 4.40. The second-order valence-corrected chi connectivity index (χ2v) is 5.66. The van der Waals surface area contributed by atoms with Gasteiger partial charge in [0.15, 0.2) is 0 Å². The molecule has 102 valence electrons. The van der Waals surface area contributed by atoms with E-state index in [2.05, 4.69) is 29.7 Å². The fourth-order valence-electron chi connectivity index (χ4n) is 1.53. The number of amides is 2. The fraction of sp³-hybridized carbons (Fsp3) is 0.615. The van der Waals surface area contributed by atoms with Crippen LogP contribution in [0, 0.1) is 5.92 Å². The van der Waals surface area contributed by atoms with Crippen LogP contribution in [0.5, 0.6) is 0 Å². The van der Waals surface area contributed by atoms with Crippen LogP contribution in [0.25, 0.3) is 0 Å². The normalized spacial score (nSPS) is 12.2. The summed E-state index contributed by atoms with van der Waals surface area (Å²) >= 11 is 1.73. The maximum atomic E-state index is 11.5. The molecule has 3 N–H and O–H groups in total. The molecule has 0 saturated carbocycles. The van der Waals surface area contributed by atoms with Gasteiger partial charge in [-0.3, -0.25) is 0 Å². The van der Waals surface area contributed by atoms with Crippen LogP contribution in [0.15, 0.2) is 12.1 Å². The molecule has 1 aromatic rings. The molecule has 1 heterocycles. The van der Waals surface area contributed by atoms with Crippen LogP contribution >= 0.6 is 11.3 Å². The number of thiophene rings is 1. The summed E-state index contributed by atoms with van der Waals surface area (Å²) in [6, 6.07) is 4.01. The molecule has 0 aromatic carbocycles. The van der Waals surface area contributed by atoms with Crippen molar-refractivity contribution < 1.29 is 9.90 Å². The van der Waals surface area contributed by atoms with E-state index >= 15 is 0 Å². The van der Waals surface area contributed by atoms with Crippen molar-refractivity contribution in [2.45, 2.75) is 33.2 Å². The van der Waals surface area contributed by atoms with Gasteiger partial charge in [-0.25, -0.2) is 4.79 Å². The molecule has 0 aliphatic heterocycles. The molecular formula is C13H22N2O2S. The van der Waals surface area contributed by atoms with Gasteiger partial charge in [-0.1, -0.05) is 13.8 Å². The number of aliphatic hydroxyl groups is 1. The van der Waals surface area contributed by atoms with Crippen LogP contribution in [0.2, 0.25) is 0 Å². The molecule has 0 aliphatic carbocycles. The highest BCUT2D eigenvalue weighted by Gasteiger charge is 2.05. The summed E-state index contributed by atoms with van der Waals surface area (Å²) in [5.41, 5.74) is 0. The molecule has 1 aromatic heterocycles. The minimum Gasteiger partial charge on any atom is -0.396 e. The lowest BCUT2D eigenvalue weighted by molar-refractivity contribution is 0.233. The SMILES string of the molecule is CCc1ccc(CNC(=O)NCC(C)CCO)s1. The number of rotatable bonds is 7. The van der Waals surface area contributed by atoms with Crippen LogP contribution in [-0.2, 0) is 13.0 Å². The Bertz CT molecular complexity index is 366. The number of urea groups is 1. The Morgan fingerprint density at radius 1 is 1.39 bits per heavy atom. The Kier molecular flexibility index (Phi) is 6.75. The first-order valence-corrected chi connectivity index (χ1v) is 7.17. The molecule has 1 rings (SSSR count). The first kappa shape index (κ1) is 15.0. The van der Waals surface area contributed by atoms with Gasteiger partial charge in [0.1, 0.15) is 0 Å². The Morgan fingerprint density at radius 3 is 2.72 bits per heavy atom. The average molecular weight is 270 g/mol. The highest BCUT2D eigenvalue weighted by Crippen LogP contribution is 2.16. The molecule has 0 radical (unpaired) electrons. The largest absolute Gasteiger partial charge is 0.396 e. The molecule has 0 fully saturated rings. The Morgan fingerprint density at radius 2 is 2.11 bits per heavy atom. The van der Waals surface area contributed by atoms with Crippen LogP contribution in [0.4, 0.5) is 4.79 Å². The van der Waals surface area contributed by atoms with Crippen molar-refractivity contribution in [3.63, 3.8) is 0 Å². The van der Waals surface area contributed by atoms with Crippen molar-refractivity contribution in [2.75, 3.05) is 13.2 Å². The lowest BCUT2D eigenvalue weighted by Crippen LogP contribution is -2.37. The van der Waals surface area contributed by atoms with Crippen molar-refractivity contribution in [1.29, 1.82) is 0 Å². The third-order valence-electron chi connectivity index (χ3n) is 2.72. The molecule has 2 amide bonds. The smallest absolute Gasteiger partial charge is 0.315 e. The van der Waals surface area contributed by atoms with E-state index in [-0.39, 0.29) is 12.6 Å². The van der Waals surface area contributed by atoms with E-state index in [1.807, 2.05) is 6.92 Å². The molecule has 0 aliphatic rings. The fourth-order valence-corrected chi connectivity index (χ4v) is 2.42. The molecular weight excluding hydrogens is 248 g/mol. The highest BCUT2D eigenvalue weighted by atomic mass is 32.1. The molecule has 1 atom stereocenters. The van der Waals surface area contributed by atoms with Gasteiger partial charge < -0.3 is 15.7 Å². The van der Waals surface area contributed by atoms with Gasteiger partial charge in [-0.2, -0.15) is 0 Å². The van der Waals surface area contributed by atoms with Crippen molar-refractivity contribution in [1.82, 2.24) is 10.6 Å². The second kappa shape index (κ2) is 8.11. The lowest BCUT2D eigenvalue weighted by atomic mass is 10.1. The number of hydrogen-bond acceptors (Lipinski definition) is 3. The monoisotopic (exact) mass is 270 g/mol. The Hall–Kier alpha value is -1.07. The average Bonchev–Trinajstić information content (AvgIpc) is 2.82. The van der Waals surface area contributed by atoms with Crippen molar-refractivity contribution in [3.05, 3.63) is 21.9 Å². The van der Waals surface area contributed by atoms with Gasteiger partial charge in [0.25, 0.3) is 0 Å².